The Labute approximate surface area is 117 Å². The molecule has 0 saturated heterocycles. The largest absolute Gasteiger partial charge is 0.120 e. The monoisotopic (exact) mass is 298 g/mol. The lowest BCUT2D eigenvalue weighted by Gasteiger charge is -2.07. The molecule has 0 heterocycles. The quantitative estimate of drug-likeness (QED) is 0.546. The van der Waals surface area contributed by atoms with Crippen LogP contribution in [0.25, 0.3) is 11.1 Å². The molecule has 0 bridgehead atoms. The molecule has 0 aliphatic heterocycles. The zero-order valence-electron chi connectivity index (χ0n) is 10.2. The van der Waals surface area contributed by atoms with Gasteiger partial charge in [0, 0.05) is 10.9 Å². The van der Waals surface area contributed by atoms with Gasteiger partial charge in [0.2, 0.25) is 0 Å². The Bertz CT molecular complexity index is 550. The van der Waals surface area contributed by atoms with Gasteiger partial charge < -0.3 is 0 Å². The SMILES string of the molecule is C#CCCCc1cc(-c2ccccc2)ccc1Br. The molecule has 0 nitrogen and oxygen atoms in total. The molecule has 1 heteroatoms. The third kappa shape index (κ3) is 3.24. The summed E-state index contributed by atoms with van der Waals surface area (Å²) in [5.74, 6) is 2.69. The highest BCUT2D eigenvalue weighted by Crippen LogP contribution is 2.26. The van der Waals surface area contributed by atoms with Gasteiger partial charge in [-0.05, 0) is 35.6 Å². The van der Waals surface area contributed by atoms with Gasteiger partial charge in [0.25, 0.3) is 0 Å². The molecule has 18 heavy (non-hydrogen) atoms. The van der Waals surface area contributed by atoms with Crippen LogP contribution in [-0.4, -0.2) is 0 Å². The summed E-state index contributed by atoms with van der Waals surface area (Å²) in [6, 6.07) is 16.9. The number of benzene rings is 2. The highest BCUT2D eigenvalue weighted by atomic mass is 79.9. The lowest BCUT2D eigenvalue weighted by atomic mass is 10.0. The van der Waals surface area contributed by atoms with Crippen LogP contribution in [0.15, 0.2) is 53.0 Å². The van der Waals surface area contributed by atoms with Gasteiger partial charge >= 0.3 is 0 Å². The molecule has 0 radical (unpaired) electrons. The molecule has 0 aliphatic rings. The van der Waals surface area contributed by atoms with E-state index in [1.165, 1.54) is 21.2 Å². The average molecular weight is 299 g/mol. The first-order valence-corrected chi connectivity index (χ1v) is 6.88. The maximum absolute atomic E-state index is 5.29. The number of terminal acetylenes is 1. The van der Waals surface area contributed by atoms with E-state index in [4.69, 9.17) is 6.42 Å². The molecule has 0 atom stereocenters. The lowest BCUT2D eigenvalue weighted by Crippen LogP contribution is -1.88. The molecular formula is C17H15Br. The predicted octanol–water partition coefficient (Wildman–Crippen LogP) is 5.07. The van der Waals surface area contributed by atoms with Crippen LogP contribution >= 0.6 is 15.9 Å². The summed E-state index contributed by atoms with van der Waals surface area (Å²) >= 11 is 3.60. The Morgan fingerprint density at radius 1 is 1.00 bits per heavy atom. The molecule has 2 aromatic carbocycles. The highest BCUT2D eigenvalue weighted by Gasteiger charge is 2.03. The molecular weight excluding hydrogens is 284 g/mol. The summed E-state index contributed by atoms with van der Waals surface area (Å²) in [4.78, 5) is 0. The van der Waals surface area contributed by atoms with E-state index in [1.54, 1.807) is 0 Å². The minimum absolute atomic E-state index is 0.835. The molecule has 0 saturated carbocycles. The zero-order chi connectivity index (χ0) is 12.8. The van der Waals surface area contributed by atoms with E-state index in [0.29, 0.717) is 0 Å². The Morgan fingerprint density at radius 2 is 1.78 bits per heavy atom. The molecule has 0 N–H and O–H groups in total. The fraction of sp³-hybridized carbons (Fsp3) is 0.176. The minimum atomic E-state index is 0.835. The zero-order valence-corrected chi connectivity index (χ0v) is 11.8. The number of aryl methyl sites for hydroxylation is 1. The highest BCUT2D eigenvalue weighted by molar-refractivity contribution is 9.10. The van der Waals surface area contributed by atoms with Gasteiger partial charge in [0.15, 0.2) is 0 Å². The van der Waals surface area contributed by atoms with Crippen LogP contribution in [0.3, 0.4) is 0 Å². The Kier molecular flexibility index (Phi) is 4.61. The Balaban J connectivity index is 2.24. The van der Waals surface area contributed by atoms with Crippen LogP contribution in [0.1, 0.15) is 18.4 Å². The summed E-state index contributed by atoms with van der Waals surface area (Å²) in [6.07, 6.45) is 8.18. The molecule has 0 unspecified atom stereocenters. The molecule has 2 aromatic rings. The van der Waals surface area contributed by atoms with Crippen molar-refractivity contribution in [3.8, 4) is 23.5 Å². The van der Waals surface area contributed by atoms with Crippen molar-refractivity contribution in [2.24, 2.45) is 0 Å². The molecule has 0 spiro atoms. The van der Waals surface area contributed by atoms with E-state index in [2.05, 4.69) is 64.3 Å². The molecule has 2 rings (SSSR count). The molecule has 0 amide bonds. The van der Waals surface area contributed by atoms with Gasteiger partial charge in [-0.15, -0.1) is 12.3 Å². The predicted molar refractivity (Wildman–Crippen MR) is 81.3 cm³/mol. The van der Waals surface area contributed by atoms with Gasteiger partial charge in [0.1, 0.15) is 0 Å². The first kappa shape index (κ1) is 12.9. The average Bonchev–Trinajstić information content (AvgIpc) is 2.42. The summed E-state index contributed by atoms with van der Waals surface area (Å²) in [5, 5.41) is 0. The van der Waals surface area contributed by atoms with E-state index in [1.807, 2.05) is 6.07 Å². The summed E-state index contributed by atoms with van der Waals surface area (Å²) in [5.41, 5.74) is 3.84. The molecule has 0 fully saturated rings. The van der Waals surface area contributed by atoms with Crippen molar-refractivity contribution in [2.75, 3.05) is 0 Å². The van der Waals surface area contributed by atoms with Crippen molar-refractivity contribution < 1.29 is 0 Å². The van der Waals surface area contributed by atoms with E-state index in [-0.39, 0.29) is 0 Å². The molecule has 0 aromatic heterocycles. The van der Waals surface area contributed by atoms with Gasteiger partial charge in [-0.3, -0.25) is 0 Å². The summed E-state index contributed by atoms with van der Waals surface area (Å²) < 4.78 is 1.17. The number of unbranched alkanes of at least 4 members (excludes halogenated alkanes) is 1. The van der Waals surface area contributed by atoms with Gasteiger partial charge in [0.05, 0.1) is 0 Å². The van der Waals surface area contributed by atoms with Gasteiger partial charge in [-0.25, -0.2) is 0 Å². The normalized spacial score (nSPS) is 10.0. The lowest BCUT2D eigenvalue weighted by molar-refractivity contribution is 0.855. The topological polar surface area (TPSA) is 0 Å². The summed E-state index contributed by atoms with van der Waals surface area (Å²) in [7, 11) is 0. The van der Waals surface area contributed by atoms with Crippen LogP contribution in [0.4, 0.5) is 0 Å². The van der Waals surface area contributed by atoms with Gasteiger partial charge in [-0.1, -0.05) is 58.4 Å². The van der Waals surface area contributed by atoms with Crippen molar-refractivity contribution in [1.29, 1.82) is 0 Å². The third-order valence-corrected chi connectivity index (χ3v) is 3.69. The van der Waals surface area contributed by atoms with Crippen LogP contribution in [0.5, 0.6) is 0 Å². The van der Waals surface area contributed by atoms with Crippen molar-refractivity contribution in [2.45, 2.75) is 19.3 Å². The second-order valence-electron chi connectivity index (χ2n) is 4.23. The maximum Gasteiger partial charge on any atom is 0.0207 e. The van der Waals surface area contributed by atoms with E-state index >= 15 is 0 Å². The van der Waals surface area contributed by atoms with Crippen molar-refractivity contribution in [1.82, 2.24) is 0 Å². The number of halogens is 1. The standard InChI is InChI=1S/C17H15Br/c1-2-3-5-10-16-13-15(11-12-17(16)18)14-8-6-4-7-9-14/h1,4,6-9,11-13H,3,5,10H2. The van der Waals surface area contributed by atoms with E-state index in [9.17, 15) is 0 Å². The first-order chi connectivity index (χ1) is 8.81. The van der Waals surface area contributed by atoms with Crippen LogP contribution in [0.2, 0.25) is 0 Å². The minimum Gasteiger partial charge on any atom is -0.120 e. The molecule has 90 valence electrons. The number of rotatable bonds is 4. The van der Waals surface area contributed by atoms with Crippen molar-refractivity contribution >= 4 is 15.9 Å². The first-order valence-electron chi connectivity index (χ1n) is 6.08. The van der Waals surface area contributed by atoms with Gasteiger partial charge in [-0.2, -0.15) is 0 Å². The second kappa shape index (κ2) is 6.42. The van der Waals surface area contributed by atoms with Crippen LogP contribution in [-0.2, 0) is 6.42 Å². The maximum atomic E-state index is 5.29. The smallest absolute Gasteiger partial charge is 0.0207 e. The van der Waals surface area contributed by atoms with Crippen molar-refractivity contribution in [3.63, 3.8) is 0 Å². The van der Waals surface area contributed by atoms with Crippen LogP contribution < -0.4 is 0 Å². The second-order valence-corrected chi connectivity index (χ2v) is 5.08. The Morgan fingerprint density at radius 3 is 2.50 bits per heavy atom. The van der Waals surface area contributed by atoms with E-state index < -0.39 is 0 Å². The molecule has 0 aliphatic carbocycles. The Hall–Kier alpha value is -1.52. The van der Waals surface area contributed by atoms with E-state index in [0.717, 1.165) is 19.3 Å². The van der Waals surface area contributed by atoms with Crippen LogP contribution in [0, 0.1) is 12.3 Å². The summed E-state index contributed by atoms with van der Waals surface area (Å²) in [6.45, 7) is 0. The fourth-order valence-electron chi connectivity index (χ4n) is 1.96. The number of hydrogen-bond acceptors (Lipinski definition) is 0. The number of hydrogen-bond donors (Lipinski definition) is 0. The third-order valence-electron chi connectivity index (χ3n) is 2.92. The fourth-order valence-corrected chi connectivity index (χ4v) is 2.40. The van der Waals surface area contributed by atoms with Crippen molar-refractivity contribution in [3.05, 3.63) is 58.6 Å².